The fraction of sp³-hybridized carbons (Fsp3) is 1.00. The molecule has 5 heteroatoms. The van der Waals surface area contributed by atoms with Crippen molar-refractivity contribution in [3.63, 3.8) is 0 Å². The van der Waals surface area contributed by atoms with Gasteiger partial charge in [0.05, 0.1) is 18.3 Å². The Balaban J connectivity index is 0. The second-order valence-corrected chi connectivity index (χ2v) is 7.19. The predicted octanol–water partition coefficient (Wildman–Crippen LogP) is 3.93. The zero-order valence-electron chi connectivity index (χ0n) is 16.3. The smallest absolute Gasteiger partial charge is 0.0540 e. The molecule has 0 aromatic carbocycles. The van der Waals surface area contributed by atoms with Crippen molar-refractivity contribution in [1.29, 1.82) is 0 Å². The summed E-state index contributed by atoms with van der Waals surface area (Å²) in [5.41, 5.74) is 0. The predicted molar refractivity (Wildman–Crippen MR) is 100 cm³/mol. The molecule has 0 heterocycles. The molecule has 25 heavy (non-hydrogen) atoms. The third-order valence-corrected chi connectivity index (χ3v) is 4.72. The zero-order valence-corrected chi connectivity index (χ0v) is 17.9. The number of hydrogen-bond acceptors (Lipinski definition) is 4. The molecule has 0 unspecified atom stereocenters. The van der Waals surface area contributed by atoms with Crippen LogP contribution in [0.3, 0.4) is 0 Å². The van der Waals surface area contributed by atoms with Crippen LogP contribution < -0.4 is 0 Å². The summed E-state index contributed by atoms with van der Waals surface area (Å²) in [5.74, 6) is 0. The Labute approximate surface area is 170 Å². The Hall–Kier alpha value is 0.554. The number of aliphatic hydroxyl groups is 4. The minimum absolute atomic E-state index is 0. The Morgan fingerprint density at radius 3 is 0.760 bits per heavy atom. The fourth-order valence-corrected chi connectivity index (χ4v) is 3.24. The van der Waals surface area contributed by atoms with Crippen molar-refractivity contribution in [2.45, 2.75) is 122 Å². The van der Waals surface area contributed by atoms with Crippen LogP contribution in [0.1, 0.15) is 103 Å². The summed E-state index contributed by atoms with van der Waals surface area (Å²) in [6.07, 6.45) is 17.8. The monoisotopic (exact) mass is 394 g/mol. The molecule has 0 saturated heterocycles. The van der Waals surface area contributed by atoms with Gasteiger partial charge in [-0.2, -0.15) is 0 Å². The summed E-state index contributed by atoms with van der Waals surface area (Å²) in [7, 11) is 0. The van der Waals surface area contributed by atoms with Crippen molar-refractivity contribution in [1.82, 2.24) is 0 Å². The summed E-state index contributed by atoms with van der Waals surface area (Å²) < 4.78 is 0. The molecular weight excluding hydrogens is 352 g/mol. The quantitative estimate of drug-likeness (QED) is 0.470. The van der Waals surface area contributed by atoms with E-state index in [1.165, 1.54) is 57.8 Å². The largest absolute Gasteiger partial charge is 0.397 e. The molecule has 0 spiro atoms. The van der Waals surface area contributed by atoms with Crippen molar-refractivity contribution >= 4 is 0 Å². The molecule has 0 aromatic rings. The molecule has 3 saturated carbocycles. The maximum Gasteiger partial charge on any atom is 0.0540 e. The van der Waals surface area contributed by atoms with Gasteiger partial charge in [-0.1, -0.05) is 57.8 Å². The molecule has 4 nitrogen and oxygen atoms in total. The average Bonchev–Trinajstić information content (AvgIpc) is 2.59. The Kier molecular flexibility index (Phi) is 23.2. The molecule has 3 rings (SSSR count). The summed E-state index contributed by atoms with van der Waals surface area (Å²) in [5, 5.41) is 34.3. The molecule has 4 N–H and O–H groups in total. The molecule has 150 valence electrons. The van der Waals surface area contributed by atoms with Crippen LogP contribution >= 0.6 is 0 Å². The van der Waals surface area contributed by atoms with Crippen LogP contribution in [0.25, 0.3) is 0 Å². The third-order valence-electron chi connectivity index (χ3n) is 4.72. The van der Waals surface area contributed by atoms with Gasteiger partial charge < -0.3 is 20.4 Å². The van der Waals surface area contributed by atoms with Crippen molar-refractivity contribution in [2.24, 2.45) is 0 Å². The SMILES string of the molecule is CCO.OC1CCCCC1.OC1CCCCC1.OC1CCCCC1.[Ti]. The number of aliphatic hydroxyl groups excluding tert-OH is 4. The van der Waals surface area contributed by atoms with Crippen molar-refractivity contribution in [3.05, 3.63) is 0 Å². The van der Waals surface area contributed by atoms with E-state index in [2.05, 4.69) is 0 Å². The second kappa shape index (κ2) is 20.9. The van der Waals surface area contributed by atoms with Crippen LogP contribution in [0.5, 0.6) is 0 Å². The second-order valence-electron chi connectivity index (χ2n) is 7.19. The first-order chi connectivity index (χ1) is 11.6. The summed E-state index contributed by atoms with van der Waals surface area (Å²) in [6, 6.07) is 0. The van der Waals surface area contributed by atoms with E-state index in [1.807, 2.05) is 0 Å². The molecule has 0 bridgehead atoms. The Morgan fingerprint density at radius 2 is 0.680 bits per heavy atom. The summed E-state index contributed by atoms with van der Waals surface area (Å²) in [6.45, 7) is 1.93. The van der Waals surface area contributed by atoms with Crippen LogP contribution in [0.15, 0.2) is 0 Å². The summed E-state index contributed by atoms with van der Waals surface area (Å²) in [4.78, 5) is 0. The van der Waals surface area contributed by atoms with Gasteiger partial charge in [0.15, 0.2) is 0 Å². The topological polar surface area (TPSA) is 80.9 Å². The van der Waals surface area contributed by atoms with Crippen LogP contribution in [0, 0.1) is 0 Å². The van der Waals surface area contributed by atoms with Gasteiger partial charge in [-0.25, -0.2) is 0 Å². The Bertz CT molecular complexity index is 198. The van der Waals surface area contributed by atoms with E-state index in [-0.39, 0.29) is 46.6 Å². The standard InChI is InChI=1S/3C6H12O.C2H6O.Ti/c3*7-6-4-2-1-3-5-6;1-2-3;/h3*6-7H,1-5H2;3H,2H2,1H3;. The van der Waals surface area contributed by atoms with E-state index in [4.69, 9.17) is 20.4 Å². The zero-order chi connectivity index (χ0) is 18.0. The van der Waals surface area contributed by atoms with E-state index < -0.39 is 0 Å². The average molecular weight is 394 g/mol. The minimum atomic E-state index is 0. The fourth-order valence-electron chi connectivity index (χ4n) is 3.24. The first-order valence-corrected chi connectivity index (χ1v) is 10.2. The van der Waals surface area contributed by atoms with Gasteiger partial charge in [-0.05, 0) is 45.4 Å². The molecule has 0 amide bonds. The van der Waals surface area contributed by atoms with Gasteiger partial charge in [0.25, 0.3) is 0 Å². The molecule has 3 aliphatic rings. The van der Waals surface area contributed by atoms with Crippen molar-refractivity contribution in [2.75, 3.05) is 6.61 Å². The van der Waals surface area contributed by atoms with Crippen LogP contribution in [-0.2, 0) is 21.7 Å². The molecule has 0 atom stereocenters. The van der Waals surface area contributed by atoms with Gasteiger partial charge >= 0.3 is 0 Å². The minimum Gasteiger partial charge on any atom is -0.397 e. The van der Waals surface area contributed by atoms with Crippen LogP contribution in [-0.4, -0.2) is 45.3 Å². The van der Waals surface area contributed by atoms with Gasteiger partial charge in [-0.3, -0.25) is 0 Å². The third kappa shape index (κ3) is 20.7. The molecular formula is C20H42O4Ti. The first-order valence-electron chi connectivity index (χ1n) is 10.2. The number of hydrogen-bond donors (Lipinski definition) is 4. The normalized spacial score (nSPS) is 22.0. The van der Waals surface area contributed by atoms with E-state index in [9.17, 15) is 0 Å². The van der Waals surface area contributed by atoms with Crippen LogP contribution in [0.4, 0.5) is 0 Å². The maximum absolute atomic E-state index is 8.91. The summed E-state index contributed by atoms with van der Waals surface area (Å²) >= 11 is 0. The van der Waals surface area contributed by atoms with Crippen molar-refractivity contribution < 1.29 is 42.1 Å². The van der Waals surface area contributed by atoms with Crippen molar-refractivity contribution in [3.8, 4) is 0 Å². The molecule has 3 fully saturated rings. The maximum atomic E-state index is 8.91. The van der Waals surface area contributed by atoms with Gasteiger partial charge in [-0.15, -0.1) is 0 Å². The first kappa shape index (κ1) is 27.8. The van der Waals surface area contributed by atoms with E-state index in [1.54, 1.807) is 6.92 Å². The molecule has 0 radical (unpaired) electrons. The molecule has 3 aliphatic carbocycles. The van der Waals surface area contributed by atoms with E-state index in [0.29, 0.717) is 0 Å². The van der Waals surface area contributed by atoms with Crippen LogP contribution in [0.2, 0.25) is 0 Å². The van der Waals surface area contributed by atoms with Gasteiger partial charge in [0.1, 0.15) is 0 Å². The number of rotatable bonds is 0. The molecule has 0 aromatic heterocycles. The van der Waals surface area contributed by atoms with E-state index >= 15 is 0 Å². The van der Waals surface area contributed by atoms with Gasteiger partial charge in [0.2, 0.25) is 0 Å². The van der Waals surface area contributed by atoms with Gasteiger partial charge in [0, 0.05) is 28.3 Å². The Morgan fingerprint density at radius 1 is 0.520 bits per heavy atom. The molecule has 0 aliphatic heterocycles. The van der Waals surface area contributed by atoms with E-state index in [0.717, 1.165) is 38.5 Å².